The van der Waals surface area contributed by atoms with Crippen LogP contribution in [0.25, 0.3) is 0 Å². The fourth-order valence-corrected chi connectivity index (χ4v) is 8.22. The SMILES string of the molecule is O[Si](O)(O)[O][Al-]1[O][Si](O)(O)O[Si](O)(O)[O]1. The van der Waals surface area contributed by atoms with Crippen molar-refractivity contribution in [3.63, 3.8) is 0 Å². The highest BCUT2D eigenvalue weighted by Gasteiger charge is 2.55. The normalized spacial score (nSPS) is 26.6. The molecule has 7 N–H and O–H groups in total. The Morgan fingerprint density at radius 1 is 0.933 bits per heavy atom. The molecule has 11 nitrogen and oxygen atoms in total. The van der Waals surface area contributed by atoms with Crippen molar-refractivity contribution in [2.75, 3.05) is 0 Å². The average molecular weight is 294 g/mol. The Morgan fingerprint density at radius 3 is 1.67 bits per heavy atom. The summed E-state index contributed by atoms with van der Waals surface area (Å²) < 4.78 is 16.2. The lowest BCUT2D eigenvalue weighted by molar-refractivity contribution is -0.0130. The van der Waals surface area contributed by atoms with Crippen LogP contribution in [0.3, 0.4) is 0 Å². The number of hydrogen-bond acceptors (Lipinski definition) is 11. The zero-order valence-corrected chi connectivity index (χ0v) is 11.0. The van der Waals surface area contributed by atoms with Crippen LogP contribution in [0.15, 0.2) is 0 Å². The van der Waals surface area contributed by atoms with Crippen molar-refractivity contribution < 1.29 is 48.1 Å². The van der Waals surface area contributed by atoms with Gasteiger partial charge in [-0.25, -0.2) is 0 Å². The second kappa shape index (κ2) is 4.20. The Bertz CT molecular complexity index is 212. The zero-order chi connectivity index (χ0) is 11.9. The van der Waals surface area contributed by atoms with E-state index in [2.05, 4.69) is 14.5 Å². The van der Waals surface area contributed by atoms with E-state index in [1.165, 1.54) is 0 Å². The van der Waals surface area contributed by atoms with E-state index in [1.54, 1.807) is 0 Å². The van der Waals surface area contributed by atoms with Gasteiger partial charge >= 0.3 is 42.3 Å². The first-order chi connectivity index (χ1) is 6.49. The van der Waals surface area contributed by atoms with Crippen molar-refractivity contribution >= 4 is 42.3 Å². The van der Waals surface area contributed by atoms with Gasteiger partial charge in [-0.3, -0.25) is 0 Å². The van der Waals surface area contributed by atoms with E-state index in [0.717, 1.165) is 0 Å². The fourth-order valence-electron chi connectivity index (χ4n) is 0.673. The van der Waals surface area contributed by atoms with E-state index in [4.69, 9.17) is 33.6 Å². The summed E-state index contributed by atoms with van der Waals surface area (Å²) in [4.78, 5) is 61.0. The van der Waals surface area contributed by atoms with Gasteiger partial charge in [0, 0.05) is 0 Å². The van der Waals surface area contributed by atoms with Gasteiger partial charge < -0.3 is 48.1 Å². The molecule has 0 aliphatic carbocycles. The summed E-state index contributed by atoms with van der Waals surface area (Å²) in [5, 5.41) is 0. The molecule has 1 aliphatic heterocycles. The second-order valence-corrected chi connectivity index (χ2v) is 9.98. The molecule has 0 saturated carbocycles. The van der Waals surface area contributed by atoms with E-state index in [-0.39, 0.29) is 0 Å². The van der Waals surface area contributed by atoms with E-state index >= 15 is 0 Å². The molecule has 0 amide bonds. The maximum atomic E-state index is 8.89. The lowest BCUT2D eigenvalue weighted by Gasteiger charge is -2.43. The topological polar surface area (TPSA) is 179 Å². The van der Waals surface area contributed by atoms with Crippen LogP contribution in [-0.4, -0.2) is 75.9 Å². The van der Waals surface area contributed by atoms with Crippen molar-refractivity contribution in [1.82, 2.24) is 0 Å². The maximum Gasteiger partial charge on any atom is 0.612 e. The van der Waals surface area contributed by atoms with Crippen molar-refractivity contribution in [3.05, 3.63) is 0 Å². The predicted octanol–water partition coefficient (Wildman–Crippen LogP) is -5.70. The molecule has 0 spiro atoms. The molecule has 89 valence electrons. The first-order valence-electron chi connectivity index (χ1n) is 3.29. The summed E-state index contributed by atoms with van der Waals surface area (Å²) in [6, 6.07) is 0. The van der Waals surface area contributed by atoms with E-state index < -0.39 is 42.3 Å². The first-order valence-corrected chi connectivity index (χ1v) is 9.88. The van der Waals surface area contributed by atoms with Gasteiger partial charge in [0.25, 0.3) is 0 Å². The van der Waals surface area contributed by atoms with Gasteiger partial charge in [0.05, 0.1) is 0 Å². The Morgan fingerprint density at radius 2 is 1.33 bits per heavy atom. The van der Waals surface area contributed by atoms with Crippen molar-refractivity contribution in [2.45, 2.75) is 0 Å². The van der Waals surface area contributed by atoms with Crippen molar-refractivity contribution in [3.8, 4) is 0 Å². The van der Waals surface area contributed by atoms with Crippen LogP contribution in [0, 0.1) is 0 Å². The molecule has 1 heterocycles. The second-order valence-electron chi connectivity index (χ2n) is 2.42. The summed E-state index contributed by atoms with van der Waals surface area (Å²) in [5.41, 5.74) is 0. The summed E-state index contributed by atoms with van der Waals surface area (Å²) in [6.45, 7) is 0. The molecule has 15 heteroatoms. The molecule has 0 aromatic rings. The van der Waals surface area contributed by atoms with Gasteiger partial charge in [-0.15, -0.1) is 0 Å². The van der Waals surface area contributed by atoms with Crippen molar-refractivity contribution in [1.29, 1.82) is 0 Å². The quantitative estimate of drug-likeness (QED) is 0.241. The Kier molecular flexibility index (Phi) is 3.87. The standard InChI is InChI=1S/Al.H4O7Si2.H3O4Si/c;1-8(2,3)7-9(4,5)6;1-5(2,3)4/h;1-2,4-5H;1-3H/q+2;-2;-1. The predicted molar refractivity (Wildman–Crippen MR) is 42.9 cm³/mol. The molecule has 1 rings (SSSR count). The van der Waals surface area contributed by atoms with E-state index in [9.17, 15) is 0 Å². The molecule has 0 aromatic heterocycles. The highest BCUT2D eigenvalue weighted by Crippen LogP contribution is 2.18. The van der Waals surface area contributed by atoms with Gasteiger partial charge in [0.15, 0.2) is 0 Å². The van der Waals surface area contributed by atoms with Gasteiger partial charge in [0.1, 0.15) is 0 Å². The Balaban J connectivity index is 2.68. The van der Waals surface area contributed by atoms with Crippen LogP contribution >= 0.6 is 0 Å². The van der Waals surface area contributed by atoms with Crippen LogP contribution in [0.2, 0.25) is 0 Å². The monoisotopic (exact) mass is 294 g/mol. The van der Waals surface area contributed by atoms with Gasteiger partial charge in [-0.2, -0.15) is 0 Å². The third-order valence-electron chi connectivity index (χ3n) is 1.02. The molecule has 15 heavy (non-hydrogen) atoms. The van der Waals surface area contributed by atoms with Crippen LogP contribution in [-0.2, 0) is 14.5 Å². The summed E-state index contributed by atoms with van der Waals surface area (Å²) in [6.07, 6.45) is 0. The van der Waals surface area contributed by atoms with Gasteiger partial charge in [-0.05, 0) is 0 Å². The third kappa shape index (κ3) is 5.06. The minimum Gasteiger partial charge on any atom is -0.615 e. The molecule has 1 saturated heterocycles. The van der Waals surface area contributed by atoms with E-state index in [1.807, 2.05) is 0 Å². The molecule has 1 aliphatic rings. The zero-order valence-electron chi connectivity index (χ0n) is 6.84. The highest BCUT2D eigenvalue weighted by atomic mass is 28.5. The molecule has 0 atom stereocenters. The molecule has 0 bridgehead atoms. The third-order valence-corrected chi connectivity index (χ3v) is 9.18. The first kappa shape index (κ1) is 13.8. The average Bonchev–Trinajstić information content (AvgIpc) is 1.70. The lowest BCUT2D eigenvalue weighted by atomic mass is 15.5. The molecule has 0 unspecified atom stereocenters. The van der Waals surface area contributed by atoms with Gasteiger partial charge in [0.2, 0.25) is 0 Å². The Labute approximate surface area is 90.8 Å². The molecule has 0 aromatic carbocycles. The minimum absolute atomic E-state index is 3.69. The highest BCUT2D eigenvalue weighted by molar-refractivity contribution is 6.78. The van der Waals surface area contributed by atoms with Crippen LogP contribution < -0.4 is 0 Å². The maximum absolute atomic E-state index is 8.89. The van der Waals surface area contributed by atoms with Gasteiger partial charge in [-0.1, -0.05) is 0 Å². The van der Waals surface area contributed by atoms with E-state index in [0.29, 0.717) is 0 Å². The summed E-state index contributed by atoms with van der Waals surface area (Å²) in [7, 11) is -14.7. The molecular weight excluding hydrogens is 287 g/mol. The van der Waals surface area contributed by atoms with Crippen molar-refractivity contribution in [2.24, 2.45) is 0 Å². The molecular formula is H7AlO11Si3-. The molecule has 1 radical (unpaired) electrons. The largest absolute Gasteiger partial charge is 0.615 e. The minimum atomic E-state index is -5.01. The van der Waals surface area contributed by atoms with Crippen LogP contribution in [0.1, 0.15) is 0 Å². The smallest absolute Gasteiger partial charge is 0.612 e. The molecule has 1 fully saturated rings. The summed E-state index contributed by atoms with van der Waals surface area (Å²) >= 11 is -3.69. The van der Waals surface area contributed by atoms with Crippen LogP contribution in [0.5, 0.6) is 0 Å². The number of hydrogen-bond donors (Lipinski definition) is 7. The summed E-state index contributed by atoms with van der Waals surface area (Å²) in [5.74, 6) is 0. The number of rotatable bonds is 2. The van der Waals surface area contributed by atoms with Crippen LogP contribution in [0.4, 0.5) is 0 Å². The Hall–Kier alpha value is 0.743. The fraction of sp³-hybridized carbons (Fsp3) is 0. The lowest BCUT2D eigenvalue weighted by Crippen LogP contribution is -2.68.